The zero-order chi connectivity index (χ0) is 18.6. The molecule has 0 unspecified atom stereocenters. The van der Waals surface area contributed by atoms with E-state index in [1.165, 1.54) is 19.9 Å². The quantitative estimate of drug-likeness (QED) is 0.882. The van der Waals surface area contributed by atoms with Crippen LogP contribution >= 0.6 is 0 Å². The van der Waals surface area contributed by atoms with Crippen molar-refractivity contribution in [2.45, 2.75) is 57.3 Å². The van der Waals surface area contributed by atoms with Gasteiger partial charge in [-0.3, -0.25) is 14.7 Å². The van der Waals surface area contributed by atoms with Gasteiger partial charge in [0.15, 0.2) is 5.65 Å². The van der Waals surface area contributed by atoms with Gasteiger partial charge in [-0.25, -0.2) is 9.97 Å². The van der Waals surface area contributed by atoms with Crippen LogP contribution in [0.15, 0.2) is 12.1 Å². The molecular formula is C16H19F3N4O2. The summed E-state index contributed by atoms with van der Waals surface area (Å²) in [5.74, 6) is -0.319. The van der Waals surface area contributed by atoms with Gasteiger partial charge < -0.3 is 5.11 Å². The Labute approximate surface area is 142 Å². The number of carbonyl (C=O) groups excluding carboxylic acids is 1. The average Bonchev–Trinajstić information content (AvgIpc) is 3.05. The Kier molecular flexibility index (Phi) is 3.83. The lowest BCUT2D eigenvalue weighted by Crippen LogP contribution is -2.29. The number of imidazole rings is 1. The summed E-state index contributed by atoms with van der Waals surface area (Å²) in [4.78, 5) is 20.1. The molecule has 2 N–H and O–H groups in total. The minimum Gasteiger partial charge on any atom is -0.390 e. The molecule has 9 heteroatoms. The van der Waals surface area contributed by atoms with E-state index in [2.05, 4.69) is 15.3 Å². The molecule has 136 valence electrons. The molecule has 1 amide bonds. The lowest BCUT2D eigenvalue weighted by molar-refractivity contribution is -0.141. The number of carbonyl (C=O) groups is 1. The zero-order valence-electron chi connectivity index (χ0n) is 14.1. The number of hydrogen-bond donors (Lipinski definition) is 2. The Morgan fingerprint density at radius 3 is 2.48 bits per heavy atom. The highest BCUT2D eigenvalue weighted by Gasteiger charge is 2.43. The van der Waals surface area contributed by atoms with Gasteiger partial charge in [-0.1, -0.05) is 0 Å². The third-order valence-electron chi connectivity index (χ3n) is 4.15. The second-order valence-corrected chi connectivity index (χ2v) is 7.34. The molecule has 0 spiro atoms. The van der Waals surface area contributed by atoms with Crippen molar-refractivity contribution in [2.24, 2.45) is 0 Å². The van der Waals surface area contributed by atoms with Crippen LogP contribution in [0, 0.1) is 0 Å². The van der Waals surface area contributed by atoms with Crippen LogP contribution in [0.3, 0.4) is 0 Å². The second kappa shape index (κ2) is 5.42. The molecule has 1 saturated carbocycles. The average molecular weight is 356 g/mol. The molecule has 0 atom stereocenters. The molecular weight excluding hydrogens is 337 g/mol. The molecule has 2 aromatic heterocycles. The minimum atomic E-state index is -4.56. The van der Waals surface area contributed by atoms with Crippen LogP contribution in [-0.4, -0.2) is 31.1 Å². The summed E-state index contributed by atoms with van der Waals surface area (Å²) >= 11 is 0. The largest absolute Gasteiger partial charge is 0.433 e. The van der Waals surface area contributed by atoms with E-state index in [-0.39, 0.29) is 23.5 Å². The molecule has 0 aromatic carbocycles. The van der Waals surface area contributed by atoms with Crippen LogP contribution in [0.25, 0.3) is 11.2 Å². The number of hydrogen-bond acceptors (Lipinski definition) is 4. The number of anilines is 1. The second-order valence-electron chi connectivity index (χ2n) is 7.34. The normalized spacial score (nSPS) is 16.9. The van der Waals surface area contributed by atoms with Crippen molar-refractivity contribution >= 4 is 23.0 Å². The molecule has 6 nitrogen and oxygen atoms in total. The maximum atomic E-state index is 13.0. The first-order chi connectivity index (χ1) is 11.4. The highest BCUT2D eigenvalue weighted by Crippen LogP contribution is 2.46. The fourth-order valence-electron chi connectivity index (χ4n) is 2.68. The highest BCUT2D eigenvalue weighted by molar-refractivity contribution is 5.91. The van der Waals surface area contributed by atoms with Crippen LogP contribution in [0.1, 0.15) is 45.7 Å². The first-order valence-corrected chi connectivity index (χ1v) is 7.88. The van der Waals surface area contributed by atoms with Crippen LogP contribution in [0.2, 0.25) is 0 Å². The molecule has 0 saturated heterocycles. The molecule has 0 radical (unpaired) electrons. The van der Waals surface area contributed by atoms with Gasteiger partial charge in [0.2, 0.25) is 11.9 Å². The third-order valence-corrected chi connectivity index (χ3v) is 4.15. The van der Waals surface area contributed by atoms with E-state index in [4.69, 9.17) is 0 Å². The summed E-state index contributed by atoms with van der Waals surface area (Å²) in [5.41, 5.74) is -2.26. The number of nitrogens with one attached hydrogen (secondary N) is 1. The molecule has 1 aliphatic carbocycles. The smallest absolute Gasteiger partial charge is 0.390 e. The number of fused-ring (bicyclic) bond motifs is 1. The predicted octanol–water partition coefficient (Wildman–Crippen LogP) is 3.06. The van der Waals surface area contributed by atoms with Gasteiger partial charge in [-0.15, -0.1) is 0 Å². The zero-order valence-corrected chi connectivity index (χ0v) is 14.1. The standard InChI is InChI=1S/C16H19F3N4O2/c1-14(2,25)8-11(24)22-13-20-9-4-5-10(16(17,18)19)21-12(9)23(13)15(3)6-7-15/h4-5,25H,6-8H2,1-3H3,(H,20,22,24). The van der Waals surface area contributed by atoms with Gasteiger partial charge in [0.05, 0.1) is 12.0 Å². The predicted molar refractivity (Wildman–Crippen MR) is 85.0 cm³/mol. The Morgan fingerprint density at radius 1 is 1.32 bits per heavy atom. The van der Waals surface area contributed by atoms with Crippen molar-refractivity contribution in [3.63, 3.8) is 0 Å². The maximum Gasteiger partial charge on any atom is 0.433 e. The van der Waals surface area contributed by atoms with Crippen LogP contribution in [0.4, 0.5) is 19.1 Å². The van der Waals surface area contributed by atoms with Crippen molar-refractivity contribution in [1.82, 2.24) is 14.5 Å². The van der Waals surface area contributed by atoms with E-state index >= 15 is 0 Å². The number of pyridine rings is 1. The molecule has 2 heterocycles. The summed E-state index contributed by atoms with van der Waals surface area (Å²) in [5, 5.41) is 12.3. The lowest BCUT2D eigenvalue weighted by Gasteiger charge is -2.19. The topological polar surface area (TPSA) is 80.0 Å². The van der Waals surface area contributed by atoms with E-state index in [0.717, 1.165) is 18.9 Å². The number of rotatable bonds is 4. The molecule has 1 aliphatic rings. The summed E-state index contributed by atoms with van der Waals surface area (Å²) < 4.78 is 40.5. The number of halogens is 3. The van der Waals surface area contributed by atoms with Crippen molar-refractivity contribution in [1.29, 1.82) is 0 Å². The summed E-state index contributed by atoms with van der Waals surface area (Å²) in [6.45, 7) is 4.87. The monoisotopic (exact) mass is 356 g/mol. The van der Waals surface area contributed by atoms with Crippen molar-refractivity contribution in [3.8, 4) is 0 Å². The Bertz CT molecular complexity index is 832. The van der Waals surface area contributed by atoms with Crippen LogP contribution in [-0.2, 0) is 16.5 Å². The number of alkyl halides is 3. The van der Waals surface area contributed by atoms with E-state index in [1.54, 1.807) is 4.57 Å². The number of amides is 1. The van der Waals surface area contributed by atoms with E-state index in [0.29, 0.717) is 0 Å². The molecule has 1 fully saturated rings. The van der Waals surface area contributed by atoms with Crippen LogP contribution < -0.4 is 5.32 Å². The molecule has 25 heavy (non-hydrogen) atoms. The molecule has 0 bridgehead atoms. The lowest BCUT2D eigenvalue weighted by atomic mass is 10.1. The Morgan fingerprint density at radius 2 is 1.96 bits per heavy atom. The van der Waals surface area contributed by atoms with Gasteiger partial charge in [0.1, 0.15) is 11.2 Å². The molecule has 3 rings (SSSR count). The van der Waals surface area contributed by atoms with Gasteiger partial charge in [-0.05, 0) is 45.7 Å². The van der Waals surface area contributed by atoms with Crippen molar-refractivity contribution in [2.75, 3.05) is 5.32 Å². The Balaban J connectivity index is 2.05. The maximum absolute atomic E-state index is 13.0. The van der Waals surface area contributed by atoms with E-state index in [1.807, 2.05) is 6.92 Å². The number of nitrogens with zero attached hydrogens (tertiary/aromatic N) is 3. The minimum absolute atomic E-state index is 0.0911. The molecule has 2 aromatic rings. The fraction of sp³-hybridized carbons (Fsp3) is 0.562. The number of aromatic nitrogens is 3. The summed E-state index contributed by atoms with van der Waals surface area (Å²) in [7, 11) is 0. The fourth-order valence-corrected chi connectivity index (χ4v) is 2.68. The van der Waals surface area contributed by atoms with E-state index < -0.39 is 28.9 Å². The van der Waals surface area contributed by atoms with Crippen molar-refractivity contribution in [3.05, 3.63) is 17.8 Å². The van der Waals surface area contributed by atoms with Gasteiger partial charge in [0.25, 0.3) is 0 Å². The van der Waals surface area contributed by atoms with Gasteiger partial charge in [0, 0.05) is 5.54 Å². The first-order valence-electron chi connectivity index (χ1n) is 7.88. The van der Waals surface area contributed by atoms with Gasteiger partial charge in [-0.2, -0.15) is 13.2 Å². The summed E-state index contributed by atoms with van der Waals surface area (Å²) in [6.07, 6.45) is -3.21. The Hall–Kier alpha value is -2.16. The summed E-state index contributed by atoms with van der Waals surface area (Å²) in [6, 6.07) is 2.12. The van der Waals surface area contributed by atoms with E-state index in [9.17, 15) is 23.1 Å². The first kappa shape index (κ1) is 17.7. The molecule has 0 aliphatic heterocycles. The van der Waals surface area contributed by atoms with Crippen LogP contribution in [0.5, 0.6) is 0 Å². The van der Waals surface area contributed by atoms with Gasteiger partial charge >= 0.3 is 6.18 Å². The number of aliphatic hydroxyl groups is 1. The van der Waals surface area contributed by atoms with Crippen molar-refractivity contribution < 1.29 is 23.1 Å². The SMILES string of the molecule is CC(C)(O)CC(=O)Nc1nc2ccc(C(F)(F)F)nc2n1C1(C)CC1. The highest BCUT2D eigenvalue weighted by atomic mass is 19.4. The third kappa shape index (κ3) is 3.60.